The van der Waals surface area contributed by atoms with E-state index in [1.807, 2.05) is 44.2 Å². The molecule has 1 aliphatic rings. The Morgan fingerprint density at radius 2 is 1.68 bits per heavy atom. The van der Waals surface area contributed by atoms with E-state index in [1.165, 1.54) is 12.0 Å². The first kappa shape index (κ1) is 23.4. The number of carbonyl (C=O) groups is 2. The highest BCUT2D eigenvalue weighted by atomic mass is 35.5. The molecule has 1 aliphatic heterocycles. The highest BCUT2D eigenvalue weighted by Crippen LogP contribution is 2.39. The van der Waals surface area contributed by atoms with Crippen molar-refractivity contribution in [2.75, 3.05) is 19.1 Å². The summed E-state index contributed by atoms with van der Waals surface area (Å²) in [5.41, 5.74) is 5.19. The van der Waals surface area contributed by atoms with Crippen molar-refractivity contribution < 1.29 is 19.1 Å². The molecule has 2 heterocycles. The highest BCUT2D eigenvalue weighted by Gasteiger charge is 2.38. The Bertz CT molecular complexity index is 1350. The first-order valence-corrected chi connectivity index (χ1v) is 11.1. The number of ether oxygens (including phenoxy) is 2. The van der Waals surface area contributed by atoms with Crippen LogP contribution in [-0.2, 0) is 14.3 Å². The lowest BCUT2D eigenvalue weighted by Gasteiger charge is -2.19. The number of anilines is 1. The Morgan fingerprint density at radius 1 is 1.00 bits per heavy atom. The lowest BCUT2D eigenvalue weighted by atomic mass is 10.0. The molecule has 4 rings (SSSR count). The molecule has 0 saturated carbocycles. The van der Waals surface area contributed by atoms with Crippen LogP contribution in [0.4, 0.5) is 5.69 Å². The van der Waals surface area contributed by atoms with Gasteiger partial charge in [0.15, 0.2) is 0 Å². The number of para-hydroxylation sites is 1. The van der Waals surface area contributed by atoms with Crippen LogP contribution in [0.5, 0.6) is 5.75 Å². The first-order valence-electron chi connectivity index (χ1n) is 10.7. The van der Waals surface area contributed by atoms with Gasteiger partial charge in [-0.2, -0.15) is 0 Å². The first-order chi connectivity index (χ1) is 16.3. The molecule has 3 aromatic rings. The molecule has 0 aliphatic carbocycles. The second-order valence-electron chi connectivity index (χ2n) is 7.96. The van der Waals surface area contributed by atoms with Gasteiger partial charge in [-0.3, -0.25) is 9.69 Å². The minimum absolute atomic E-state index is 0.224. The third kappa shape index (κ3) is 3.90. The molecule has 0 unspecified atom stereocenters. The van der Waals surface area contributed by atoms with Gasteiger partial charge in [-0.15, -0.1) is 0 Å². The fraction of sp³-hybridized carbons (Fsp3) is 0.185. The van der Waals surface area contributed by atoms with Gasteiger partial charge >= 0.3 is 5.97 Å². The molecule has 0 bridgehead atoms. The van der Waals surface area contributed by atoms with Gasteiger partial charge in [-0.05, 0) is 74.9 Å². The van der Waals surface area contributed by atoms with Crippen LogP contribution in [0, 0.1) is 13.8 Å². The predicted octanol–water partition coefficient (Wildman–Crippen LogP) is 5.63. The molecule has 0 spiro atoms. The summed E-state index contributed by atoms with van der Waals surface area (Å²) in [5, 5.41) is 0.415. The van der Waals surface area contributed by atoms with Crippen molar-refractivity contribution in [3.63, 3.8) is 0 Å². The van der Waals surface area contributed by atoms with E-state index in [0.29, 0.717) is 16.4 Å². The summed E-state index contributed by atoms with van der Waals surface area (Å²) >= 11 is 6.38. The Balaban J connectivity index is 1.84. The summed E-state index contributed by atoms with van der Waals surface area (Å²) in [5.74, 6) is -0.135. The molecule has 34 heavy (non-hydrogen) atoms. The molecule has 2 aromatic carbocycles. The van der Waals surface area contributed by atoms with Gasteiger partial charge in [-0.25, -0.2) is 4.79 Å². The molecule has 174 valence electrons. The largest absolute Gasteiger partial charge is 0.497 e. The van der Waals surface area contributed by atoms with E-state index in [4.69, 9.17) is 21.1 Å². The van der Waals surface area contributed by atoms with Gasteiger partial charge < -0.3 is 14.0 Å². The molecule has 1 aromatic heterocycles. The predicted molar refractivity (Wildman–Crippen MR) is 133 cm³/mol. The SMILES string of the molecule is COC(=O)C1=C(C)N(c2ccccc2Cl)C(=O)/C1=C\c1cc(C)n(-c2ccc(OC)cc2)c1C. The molecule has 6 nitrogen and oxygen atoms in total. The second kappa shape index (κ2) is 9.23. The topological polar surface area (TPSA) is 60.8 Å². The average Bonchev–Trinajstić information content (AvgIpc) is 3.25. The van der Waals surface area contributed by atoms with E-state index in [-0.39, 0.29) is 17.1 Å². The number of hydrogen-bond acceptors (Lipinski definition) is 4. The number of methoxy groups -OCH3 is 2. The molecular weight excluding hydrogens is 452 g/mol. The van der Waals surface area contributed by atoms with Crippen molar-refractivity contribution >= 4 is 35.2 Å². The van der Waals surface area contributed by atoms with E-state index in [9.17, 15) is 9.59 Å². The Kier molecular flexibility index (Phi) is 6.35. The van der Waals surface area contributed by atoms with Crippen LogP contribution in [0.1, 0.15) is 23.9 Å². The van der Waals surface area contributed by atoms with E-state index in [0.717, 1.165) is 28.4 Å². The number of halogens is 1. The Hall–Kier alpha value is -3.77. The quantitative estimate of drug-likeness (QED) is 0.353. The number of aryl methyl sites for hydroxylation is 1. The normalized spacial score (nSPS) is 14.8. The fourth-order valence-electron chi connectivity index (χ4n) is 4.32. The minimum Gasteiger partial charge on any atom is -0.497 e. The molecule has 0 saturated heterocycles. The summed E-state index contributed by atoms with van der Waals surface area (Å²) in [4.78, 5) is 27.8. The fourth-order valence-corrected chi connectivity index (χ4v) is 4.54. The van der Waals surface area contributed by atoms with Gasteiger partial charge in [-0.1, -0.05) is 23.7 Å². The summed E-state index contributed by atoms with van der Waals surface area (Å²) in [7, 11) is 2.93. The van der Waals surface area contributed by atoms with Crippen LogP contribution in [0.3, 0.4) is 0 Å². The molecule has 1 amide bonds. The zero-order valence-corrected chi connectivity index (χ0v) is 20.4. The van der Waals surface area contributed by atoms with Crippen molar-refractivity contribution in [2.45, 2.75) is 20.8 Å². The highest BCUT2D eigenvalue weighted by molar-refractivity contribution is 6.35. The minimum atomic E-state index is -0.574. The van der Waals surface area contributed by atoms with E-state index in [2.05, 4.69) is 4.57 Å². The number of nitrogens with zero attached hydrogens (tertiary/aromatic N) is 2. The standard InChI is InChI=1S/C27H25ClN2O4/c1-16-14-19(17(2)29(16)20-10-12-21(33-4)13-11-20)15-22-25(27(32)34-5)18(3)30(26(22)31)24-9-7-6-8-23(24)28/h6-15H,1-5H3/b22-15-. The number of allylic oxidation sites excluding steroid dienone is 1. The lowest BCUT2D eigenvalue weighted by molar-refractivity contribution is -0.136. The number of benzene rings is 2. The maximum absolute atomic E-state index is 13.6. The van der Waals surface area contributed by atoms with Gasteiger partial charge in [0.25, 0.3) is 5.91 Å². The third-order valence-electron chi connectivity index (χ3n) is 5.98. The molecule has 0 atom stereocenters. The van der Waals surface area contributed by atoms with E-state index >= 15 is 0 Å². The number of aromatic nitrogens is 1. The number of rotatable bonds is 5. The lowest BCUT2D eigenvalue weighted by Crippen LogP contribution is -2.24. The number of amides is 1. The summed E-state index contributed by atoms with van der Waals surface area (Å²) in [6, 6.07) is 16.8. The Labute approximate surface area is 203 Å². The molecule has 0 fully saturated rings. The van der Waals surface area contributed by atoms with Crippen molar-refractivity contribution in [3.05, 3.63) is 93.4 Å². The molecule has 7 heteroatoms. The van der Waals surface area contributed by atoms with Crippen molar-refractivity contribution in [1.82, 2.24) is 4.57 Å². The van der Waals surface area contributed by atoms with Crippen LogP contribution >= 0.6 is 11.6 Å². The van der Waals surface area contributed by atoms with Gasteiger partial charge in [0.2, 0.25) is 0 Å². The van der Waals surface area contributed by atoms with Crippen molar-refractivity contribution in [3.8, 4) is 11.4 Å². The summed E-state index contributed by atoms with van der Waals surface area (Å²) in [6.07, 6.45) is 1.75. The third-order valence-corrected chi connectivity index (χ3v) is 6.30. The zero-order valence-electron chi connectivity index (χ0n) is 19.7. The molecule has 0 N–H and O–H groups in total. The van der Waals surface area contributed by atoms with E-state index in [1.54, 1.807) is 44.4 Å². The summed E-state index contributed by atoms with van der Waals surface area (Å²) < 4.78 is 12.4. The van der Waals surface area contributed by atoms with Crippen LogP contribution < -0.4 is 9.64 Å². The second-order valence-corrected chi connectivity index (χ2v) is 8.37. The maximum atomic E-state index is 13.6. The Morgan fingerprint density at radius 3 is 2.29 bits per heavy atom. The van der Waals surface area contributed by atoms with Crippen LogP contribution in [0.15, 0.2) is 71.4 Å². The monoisotopic (exact) mass is 476 g/mol. The maximum Gasteiger partial charge on any atom is 0.340 e. The molecule has 0 radical (unpaired) electrons. The van der Waals surface area contributed by atoms with Crippen LogP contribution in [0.25, 0.3) is 11.8 Å². The average molecular weight is 477 g/mol. The van der Waals surface area contributed by atoms with Gasteiger partial charge in [0.1, 0.15) is 5.75 Å². The van der Waals surface area contributed by atoms with Gasteiger partial charge in [0.05, 0.1) is 36.1 Å². The molecular formula is C27H25ClN2O4. The number of hydrogen-bond donors (Lipinski definition) is 0. The van der Waals surface area contributed by atoms with Crippen LogP contribution in [0.2, 0.25) is 5.02 Å². The smallest absolute Gasteiger partial charge is 0.340 e. The summed E-state index contributed by atoms with van der Waals surface area (Å²) in [6.45, 7) is 5.69. The number of carbonyl (C=O) groups excluding carboxylic acids is 2. The van der Waals surface area contributed by atoms with Crippen molar-refractivity contribution in [1.29, 1.82) is 0 Å². The van der Waals surface area contributed by atoms with Crippen LogP contribution in [-0.4, -0.2) is 30.7 Å². The van der Waals surface area contributed by atoms with Crippen molar-refractivity contribution in [2.24, 2.45) is 0 Å². The number of esters is 1. The zero-order chi connectivity index (χ0) is 24.6. The van der Waals surface area contributed by atoms with Gasteiger partial charge in [0, 0.05) is 22.8 Å². The van der Waals surface area contributed by atoms with E-state index < -0.39 is 5.97 Å².